The second kappa shape index (κ2) is 3.67. The van der Waals surface area contributed by atoms with E-state index in [9.17, 15) is 4.79 Å². The molecule has 0 unspecified atom stereocenters. The summed E-state index contributed by atoms with van der Waals surface area (Å²) in [6, 6.07) is 5.88. The van der Waals surface area contributed by atoms with Crippen molar-refractivity contribution in [3.63, 3.8) is 0 Å². The summed E-state index contributed by atoms with van der Waals surface area (Å²) in [4.78, 5) is 10.8. The first-order chi connectivity index (χ1) is 6.76. The Morgan fingerprint density at radius 2 is 2.29 bits per heavy atom. The van der Waals surface area contributed by atoms with Gasteiger partial charge in [0.2, 0.25) is 0 Å². The van der Waals surface area contributed by atoms with Crippen LogP contribution < -0.4 is 0 Å². The molecule has 68 valence electrons. The third-order valence-corrected chi connectivity index (χ3v) is 3.58. The van der Waals surface area contributed by atoms with Crippen LogP contribution in [0.5, 0.6) is 0 Å². The lowest BCUT2D eigenvalue weighted by atomic mass is 10.1. The number of halogens is 1. The summed E-state index contributed by atoms with van der Waals surface area (Å²) in [7, 11) is 0. The normalized spacial score (nSPS) is 10.0. The van der Waals surface area contributed by atoms with Crippen molar-refractivity contribution in [3.8, 4) is 6.07 Å². The van der Waals surface area contributed by atoms with E-state index in [1.165, 1.54) is 11.3 Å². The van der Waals surface area contributed by atoms with Gasteiger partial charge in [-0.2, -0.15) is 5.26 Å². The lowest BCUT2D eigenvalue weighted by molar-refractivity contribution is 0.112. The zero-order valence-electron chi connectivity index (χ0n) is 6.95. The van der Waals surface area contributed by atoms with Gasteiger partial charge in [0.05, 0.1) is 5.56 Å². The van der Waals surface area contributed by atoms with Crippen LogP contribution in [-0.2, 0) is 0 Å². The summed E-state index contributed by atoms with van der Waals surface area (Å²) in [6.07, 6.45) is 0.835. The van der Waals surface area contributed by atoms with Gasteiger partial charge in [0.25, 0.3) is 0 Å². The summed E-state index contributed by atoms with van der Waals surface area (Å²) in [6.45, 7) is 0. The maximum absolute atomic E-state index is 10.8. The highest BCUT2D eigenvalue weighted by atomic mass is 127. The molecule has 0 aliphatic carbocycles. The number of carbonyl (C=O) groups is 1. The van der Waals surface area contributed by atoms with Crippen molar-refractivity contribution in [3.05, 3.63) is 32.2 Å². The van der Waals surface area contributed by atoms with E-state index in [1.54, 1.807) is 5.38 Å². The lowest BCUT2D eigenvalue weighted by Gasteiger charge is -1.96. The van der Waals surface area contributed by atoms with E-state index in [0.717, 1.165) is 19.9 Å². The van der Waals surface area contributed by atoms with E-state index in [-0.39, 0.29) is 0 Å². The topological polar surface area (TPSA) is 40.9 Å². The van der Waals surface area contributed by atoms with E-state index >= 15 is 0 Å². The highest BCUT2D eigenvalue weighted by Gasteiger charge is 2.08. The van der Waals surface area contributed by atoms with Gasteiger partial charge < -0.3 is 0 Å². The number of carbonyl (C=O) groups excluding carboxylic acids is 1. The molecule has 0 radical (unpaired) electrons. The molecule has 0 amide bonds. The lowest BCUT2D eigenvalue weighted by Crippen LogP contribution is -1.82. The fourth-order valence-electron chi connectivity index (χ4n) is 1.30. The molecular formula is C10H4INOS. The highest BCUT2D eigenvalue weighted by Crippen LogP contribution is 2.29. The van der Waals surface area contributed by atoms with Gasteiger partial charge in [0.1, 0.15) is 6.07 Å². The Balaban J connectivity index is 2.91. The van der Waals surface area contributed by atoms with E-state index in [4.69, 9.17) is 5.26 Å². The Morgan fingerprint density at radius 1 is 1.50 bits per heavy atom. The molecular weight excluding hydrogens is 309 g/mol. The van der Waals surface area contributed by atoms with Crippen molar-refractivity contribution in [1.82, 2.24) is 0 Å². The number of nitriles is 1. The molecule has 0 bridgehead atoms. The summed E-state index contributed by atoms with van der Waals surface area (Å²) < 4.78 is 1.88. The number of hydrogen-bond donors (Lipinski definition) is 0. The first-order valence-electron chi connectivity index (χ1n) is 3.82. The van der Waals surface area contributed by atoms with Crippen LogP contribution in [0, 0.1) is 14.9 Å². The molecule has 2 rings (SSSR count). The van der Waals surface area contributed by atoms with Gasteiger partial charge in [-0.25, -0.2) is 0 Å². The highest BCUT2D eigenvalue weighted by molar-refractivity contribution is 14.1. The molecule has 0 aliphatic heterocycles. The fraction of sp³-hybridized carbons (Fsp3) is 0. The van der Waals surface area contributed by atoms with Crippen LogP contribution >= 0.6 is 33.9 Å². The largest absolute Gasteiger partial charge is 0.298 e. The van der Waals surface area contributed by atoms with Crippen LogP contribution in [0.2, 0.25) is 0 Å². The van der Waals surface area contributed by atoms with Gasteiger partial charge in [-0.3, -0.25) is 4.79 Å². The maximum Gasteiger partial charge on any atom is 0.151 e. The minimum atomic E-state index is 0.645. The fourth-order valence-corrected chi connectivity index (χ4v) is 2.90. The van der Waals surface area contributed by atoms with Crippen LogP contribution in [0.3, 0.4) is 0 Å². The number of fused-ring (bicyclic) bond motifs is 1. The standard InChI is InChI=1S/C10H4INOS/c11-8-1-6(4-13)10-9(2-8)7(3-12)5-14-10/h1-2,4-5H. The van der Waals surface area contributed by atoms with Crippen molar-refractivity contribution in [1.29, 1.82) is 5.26 Å². The third-order valence-electron chi connectivity index (χ3n) is 1.91. The maximum atomic E-state index is 10.8. The second-order valence-electron chi connectivity index (χ2n) is 2.75. The van der Waals surface area contributed by atoms with E-state index in [1.807, 2.05) is 12.1 Å². The molecule has 0 spiro atoms. The molecule has 0 aliphatic rings. The molecule has 0 N–H and O–H groups in total. The molecule has 0 fully saturated rings. The number of thiophene rings is 1. The van der Waals surface area contributed by atoms with Gasteiger partial charge in [0, 0.05) is 24.6 Å². The Labute approximate surface area is 98.3 Å². The van der Waals surface area contributed by atoms with Gasteiger partial charge >= 0.3 is 0 Å². The molecule has 0 saturated heterocycles. The summed E-state index contributed by atoms with van der Waals surface area (Å²) in [5, 5.41) is 11.5. The smallest absolute Gasteiger partial charge is 0.151 e. The quantitative estimate of drug-likeness (QED) is 0.599. The molecule has 14 heavy (non-hydrogen) atoms. The molecule has 2 nitrogen and oxygen atoms in total. The Hall–Kier alpha value is -0.930. The summed E-state index contributed by atoms with van der Waals surface area (Å²) in [5.41, 5.74) is 1.31. The monoisotopic (exact) mass is 313 g/mol. The predicted molar refractivity (Wildman–Crippen MR) is 64.6 cm³/mol. The molecule has 2 aromatic rings. The Kier molecular flexibility index (Phi) is 2.52. The first kappa shape index (κ1) is 9.62. The van der Waals surface area contributed by atoms with Crippen LogP contribution in [0.25, 0.3) is 10.1 Å². The van der Waals surface area contributed by atoms with Crippen LogP contribution in [0.4, 0.5) is 0 Å². The van der Waals surface area contributed by atoms with Gasteiger partial charge in [-0.1, -0.05) is 0 Å². The third kappa shape index (κ3) is 1.42. The average Bonchev–Trinajstić information content (AvgIpc) is 2.59. The number of hydrogen-bond acceptors (Lipinski definition) is 3. The summed E-state index contributed by atoms with van der Waals surface area (Å²) >= 11 is 3.59. The number of benzene rings is 1. The van der Waals surface area contributed by atoms with Crippen LogP contribution in [0.1, 0.15) is 15.9 Å². The van der Waals surface area contributed by atoms with E-state index < -0.39 is 0 Å². The summed E-state index contributed by atoms with van der Waals surface area (Å²) in [5.74, 6) is 0. The van der Waals surface area contributed by atoms with Crippen LogP contribution in [0.15, 0.2) is 17.5 Å². The van der Waals surface area contributed by atoms with Gasteiger partial charge in [-0.15, -0.1) is 11.3 Å². The zero-order valence-corrected chi connectivity index (χ0v) is 9.93. The molecule has 0 saturated carbocycles. The molecule has 4 heteroatoms. The van der Waals surface area contributed by atoms with Crippen molar-refractivity contribution < 1.29 is 4.79 Å². The number of aldehydes is 1. The average molecular weight is 313 g/mol. The van der Waals surface area contributed by atoms with Crippen molar-refractivity contribution in [2.45, 2.75) is 0 Å². The number of nitrogens with zero attached hydrogens (tertiary/aromatic N) is 1. The Morgan fingerprint density at radius 3 is 2.93 bits per heavy atom. The van der Waals surface area contributed by atoms with E-state index in [2.05, 4.69) is 28.7 Å². The number of rotatable bonds is 1. The molecule has 1 aromatic heterocycles. The SMILES string of the molecule is N#Cc1csc2c(C=O)cc(I)cc12. The van der Waals surface area contributed by atoms with Crippen molar-refractivity contribution in [2.75, 3.05) is 0 Å². The van der Waals surface area contributed by atoms with Crippen molar-refractivity contribution >= 4 is 50.3 Å². The second-order valence-corrected chi connectivity index (χ2v) is 4.88. The van der Waals surface area contributed by atoms with Crippen molar-refractivity contribution in [2.24, 2.45) is 0 Å². The molecule has 1 heterocycles. The Bertz CT molecular complexity index is 553. The zero-order chi connectivity index (χ0) is 10.1. The molecule has 0 atom stereocenters. The predicted octanol–water partition coefficient (Wildman–Crippen LogP) is 3.19. The minimum Gasteiger partial charge on any atom is -0.298 e. The van der Waals surface area contributed by atoms with Gasteiger partial charge in [-0.05, 0) is 34.7 Å². The van der Waals surface area contributed by atoms with Gasteiger partial charge in [0.15, 0.2) is 6.29 Å². The first-order valence-corrected chi connectivity index (χ1v) is 5.78. The van der Waals surface area contributed by atoms with E-state index in [0.29, 0.717) is 11.1 Å². The minimum absolute atomic E-state index is 0.645. The van der Waals surface area contributed by atoms with Crippen LogP contribution in [-0.4, -0.2) is 6.29 Å². The molecule has 1 aromatic carbocycles.